The van der Waals surface area contributed by atoms with Gasteiger partial charge in [0.1, 0.15) is 5.15 Å². The van der Waals surface area contributed by atoms with Crippen LogP contribution in [0.2, 0.25) is 5.15 Å². The maximum atomic E-state index is 10.8. The third kappa shape index (κ3) is 2.49. The predicted molar refractivity (Wildman–Crippen MR) is 57.6 cm³/mol. The van der Waals surface area contributed by atoms with Gasteiger partial charge in [-0.3, -0.25) is 4.18 Å². The second-order valence-electron chi connectivity index (χ2n) is 3.15. The van der Waals surface area contributed by atoms with Crippen LogP contribution in [0, 0.1) is 0 Å². The maximum absolute atomic E-state index is 10.8. The highest BCUT2D eigenvalue weighted by Crippen LogP contribution is 2.13. The molecule has 0 aromatic carbocycles. The monoisotopic (exact) mass is 261 g/mol. The van der Waals surface area contributed by atoms with E-state index < -0.39 is 10.1 Å². The Bertz CT molecular complexity index is 622. The summed E-state index contributed by atoms with van der Waals surface area (Å²) < 4.78 is 27.8. The van der Waals surface area contributed by atoms with Gasteiger partial charge in [0.25, 0.3) is 10.1 Å². The van der Waals surface area contributed by atoms with E-state index in [2.05, 4.69) is 14.3 Å². The van der Waals surface area contributed by atoms with E-state index in [0.29, 0.717) is 16.4 Å². The Kier molecular flexibility index (Phi) is 2.83. The quantitative estimate of drug-likeness (QED) is 0.605. The van der Waals surface area contributed by atoms with Crippen molar-refractivity contribution in [2.45, 2.75) is 6.61 Å². The first kappa shape index (κ1) is 11.3. The molecule has 0 saturated carbocycles. The zero-order valence-electron chi connectivity index (χ0n) is 8.29. The fraction of sp³-hybridized carbons (Fsp3) is 0.250. The Morgan fingerprint density at radius 2 is 2.31 bits per heavy atom. The summed E-state index contributed by atoms with van der Waals surface area (Å²) in [4.78, 5) is 4.03. The molecule has 0 N–H and O–H groups in total. The van der Waals surface area contributed by atoms with E-state index in [1.54, 1.807) is 12.3 Å². The van der Waals surface area contributed by atoms with E-state index in [0.717, 1.165) is 6.26 Å². The van der Waals surface area contributed by atoms with Crippen molar-refractivity contribution in [2.75, 3.05) is 6.26 Å². The molecule has 2 aromatic heterocycles. The number of hydrogen-bond acceptors (Lipinski definition) is 5. The van der Waals surface area contributed by atoms with Gasteiger partial charge in [0, 0.05) is 11.8 Å². The van der Waals surface area contributed by atoms with Gasteiger partial charge in [-0.2, -0.15) is 13.5 Å². The minimum Gasteiger partial charge on any atom is -0.265 e. The van der Waals surface area contributed by atoms with Crippen LogP contribution in [0.1, 0.15) is 5.56 Å². The van der Waals surface area contributed by atoms with Crippen molar-refractivity contribution in [3.05, 3.63) is 29.2 Å². The number of nitrogens with zero attached hydrogens (tertiary/aromatic N) is 3. The largest absolute Gasteiger partial charge is 0.265 e. The fourth-order valence-corrected chi connectivity index (χ4v) is 1.64. The average Bonchev–Trinajstić information content (AvgIpc) is 2.56. The zero-order valence-corrected chi connectivity index (χ0v) is 9.86. The molecule has 86 valence electrons. The van der Waals surface area contributed by atoms with Crippen molar-refractivity contribution in [3.8, 4) is 0 Å². The van der Waals surface area contributed by atoms with Crippen molar-refractivity contribution in [3.63, 3.8) is 0 Å². The van der Waals surface area contributed by atoms with Gasteiger partial charge >= 0.3 is 0 Å². The van der Waals surface area contributed by atoms with Crippen molar-refractivity contribution in [1.29, 1.82) is 0 Å². The molecule has 0 amide bonds. The van der Waals surface area contributed by atoms with Crippen LogP contribution in [0.4, 0.5) is 0 Å². The molecule has 2 aromatic rings. The average molecular weight is 262 g/mol. The Balaban J connectivity index is 2.34. The molecule has 8 heteroatoms. The molecule has 0 unspecified atom stereocenters. The lowest BCUT2D eigenvalue weighted by molar-refractivity contribution is 0.313. The molecule has 0 aliphatic rings. The Morgan fingerprint density at radius 3 is 3.00 bits per heavy atom. The van der Waals surface area contributed by atoms with Crippen LogP contribution >= 0.6 is 11.6 Å². The summed E-state index contributed by atoms with van der Waals surface area (Å²) in [5, 5.41) is 4.29. The molecule has 0 bridgehead atoms. The second-order valence-corrected chi connectivity index (χ2v) is 5.19. The van der Waals surface area contributed by atoms with Crippen LogP contribution < -0.4 is 0 Å². The van der Waals surface area contributed by atoms with Gasteiger partial charge in [0.15, 0.2) is 5.65 Å². The SMILES string of the molecule is CS(=O)(=O)OCc1cnn2ccc(Cl)nc12. The summed E-state index contributed by atoms with van der Waals surface area (Å²) in [7, 11) is -3.48. The van der Waals surface area contributed by atoms with E-state index >= 15 is 0 Å². The van der Waals surface area contributed by atoms with Crippen LogP contribution in [0.25, 0.3) is 5.65 Å². The van der Waals surface area contributed by atoms with Crippen LogP contribution in [-0.4, -0.2) is 29.3 Å². The summed E-state index contributed by atoms with van der Waals surface area (Å²) in [6.45, 7) is -0.102. The standard InChI is InChI=1S/C8H8ClN3O3S/c1-16(13,14)15-5-6-4-10-12-3-2-7(9)11-8(6)12/h2-4H,5H2,1H3. The Morgan fingerprint density at radius 1 is 1.56 bits per heavy atom. The lowest BCUT2D eigenvalue weighted by Gasteiger charge is -1.99. The fourth-order valence-electron chi connectivity index (χ4n) is 1.17. The third-order valence-electron chi connectivity index (χ3n) is 1.84. The van der Waals surface area contributed by atoms with Gasteiger partial charge in [-0.15, -0.1) is 0 Å². The summed E-state index contributed by atoms with van der Waals surface area (Å²) in [5.74, 6) is 0. The van der Waals surface area contributed by atoms with Gasteiger partial charge in [0.2, 0.25) is 0 Å². The predicted octanol–water partition coefficient (Wildman–Crippen LogP) is 0.859. The molecule has 2 rings (SSSR count). The number of fused-ring (bicyclic) bond motifs is 1. The zero-order chi connectivity index (χ0) is 11.8. The topological polar surface area (TPSA) is 73.6 Å². The highest BCUT2D eigenvalue weighted by atomic mass is 35.5. The number of rotatable bonds is 3. The smallest absolute Gasteiger partial charge is 0.264 e. The molecule has 16 heavy (non-hydrogen) atoms. The summed E-state index contributed by atoms with van der Waals surface area (Å²) in [5.41, 5.74) is 1.05. The van der Waals surface area contributed by atoms with E-state index in [1.807, 2.05) is 0 Å². The van der Waals surface area contributed by atoms with E-state index in [4.69, 9.17) is 11.6 Å². The number of hydrogen-bond donors (Lipinski definition) is 0. The minimum atomic E-state index is -3.48. The van der Waals surface area contributed by atoms with Gasteiger partial charge in [-0.25, -0.2) is 9.50 Å². The number of halogens is 1. The first-order chi connectivity index (χ1) is 7.46. The lowest BCUT2D eigenvalue weighted by Crippen LogP contribution is -2.02. The molecule has 0 radical (unpaired) electrons. The molecule has 0 saturated heterocycles. The number of aromatic nitrogens is 3. The van der Waals surface area contributed by atoms with Crippen LogP contribution in [0.5, 0.6) is 0 Å². The van der Waals surface area contributed by atoms with Crippen LogP contribution in [-0.2, 0) is 20.9 Å². The van der Waals surface area contributed by atoms with Crippen molar-refractivity contribution in [1.82, 2.24) is 14.6 Å². The van der Waals surface area contributed by atoms with Gasteiger partial charge in [0.05, 0.1) is 19.1 Å². The van der Waals surface area contributed by atoms with E-state index in [-0.39, 0.29) is 6.61 Å². The van der Waals surface area contributed by atoms with Crippen molar-refractivity contribution >= 4 is 27.4 Å². The van der Waals surface area contributed by atoms with Crippen molar-refractivity contribution in [2.24, 2.45) is 0 Å². The Hall–Kier alpha value is -1.18. The summed E-state index contributed by atoms with van der Waals surface area (Å²) in [6, 6.07) is 1.59. The molecular formula is C8H8ClN3O3S. The molecule has 0 atom stereocenters. The lowest BCUT2D eigenvalue weighted by atomic mass is 10.4. The first-order valence-electron chi connectivity index (χ1n) is 4.29. The first-order valence-corrected chi connectivity index (χ1v) is 6.48. The Labute approximate surface area is 96.9 Å². The minimum absolute atomic E-state index is 0.102. The molecule has 0 aliphatic heterocycles. The molecule has 0 fully saturated rings. The van der Waals surface area contributed by atoms with Crippen molar-refractivity contribution < 1.29 is 12.6 Å². The van der Waals surface area contributed by atoms with Crippen LogP contribution in [0.3, 0.4) is 0 Å². The summed E-state index contributed by atoms with van der Waals surface area (Å²) in [6.07, 6.45) is 4.11. The normalized spacial score (nSPS) is 12.1. The highest BCUT2D eigenvalue weighted by molar-refractivity contribution is 7.85. The molecular weight excluding hydrogens is 254 g/mol. The van der Waals surface area contributed by atoms with Crippen LogP contribution in [0.15, 0.2) is 18.5 Å². The molecule has 6 nitrogen and oxygen atoms in total. The van der Waals surface area contributed by atoms with Gasteiger partial charge in [-0.1, -0.05) is 11.6 Å². The summed E-state index contributed by atoms with van der Waals surface area (Å²) >= 11 is 5.73. The van der Waals surface area contributed by atoms with E-state index in [9.17, 15) is 8.42 Å². The molecule has 0 aliphatic carbocycles. The molecule has 0 spiro atoms. The van der Waals surface area contributed by atoms with E-state index in [1.165, 1.54) is 10.7 Å². The highest BCUT2D eigenvalue weighted by Gasteiger charge is 2.09. The second kappa shape index (κ2) is 4.00. The van der Waals surface area contributed by atoms with Gasteiger partial charge < -0.3 is 0 Å². The third-order valence-corrected chi connectivity index (χ3v) is 2.59. The molecule has 2 heterocycles. The maximum Gasteiger partial charge on any atom is 0.264 e. The van der Waals surface area contributed by atoms with Gasteiger partial charge in [-0.05, 0) is 6.07 Å².